The van der Waals surface area contributed by atoms with E-state index in [4.69, 9.17) is 5.26 Å². The molecule has 0 atom stereocenters. The number of hydrogen-bond donors (Lipinski definition) is 0. The molecule has 0 aliphatic carbocycles. The molecule has 0 heterocycles. The van der Waals surface area contributed by atoms with Crippen molar-refractivity contribution in [1.82, 2.24) is 0 Å². The van der Waals surface area contributed by atoms with Gasteiger partial charge in [-0.3, -0.25) is 4.79 Å². The van der Waals surface area contributed by atoms with Crippen LogP contribution in [0.1, 0.15) is 27.2 Å². The average molecular weight is 151 g/mol. The smallest absolute Gasteiger partial charge is 0.169 e. The highest BCUT2D eigenvalue weighted by Gasteiger charge is 2.00. The van der Waals surface area contributed by atoms with Crippen molar-refractivity contribution in [2.45, 2.75) is 27.2 Å². The second kappa shape index (κ2) is 4.68. The van der Waals surface area contributed by atoms with Gasteiger partial charge in [0.05, 0.1) is 5.57 Å². The molecule has 2 nitrogen and oxygen atoms in total. The standard InChI is InChI=1S/C9H13NO/c1-7(2)4-5-9(6-10)8(3)11/h5,7H,4H2,1-3H3/b9-5+. The zero-order valence-corrected chi connectivity index (χ0v) is 7.22. The summed E-state index contributed by atoms with van der Waals surface area (Å²) in [5, 5.41) is 8.47. The van der Waals surface area contributed by atoms with Gasteiger partial charge in [0.15, 0.2) is 5.78 Å². The summed E-state index contributed by atoms with van der Waals surface area (Å²) in [6.45, 7) is 5.51. The normalized spacial score (nSPS) is 11.4. The van der Waals surface area contributed by atoms with Crippen molar-refractivity contribution in [2.75, 3.05) is 0 Å². The Labute approximate surface area is 67.5 Å². The predicted molar refractivity (Wildman–Crippen MR) is 43.8 cm³/mol. The molecule has 0 unspecified atom stereocenters. The molecular weight excluding hydrogens is 138 g/mol. The number of rotatable bonds is 3. The number of ketones is 1. The molecule has 0 aromatic rings. The fraction of sp³-hybridized carbons (Fsp3) is 0.556. The Morgan fingerprint density at radius 3 is 2.45 bits per heavy atom. The predicted octanol–water partition coefficient (Wildman–Crippen LogP) is 2.07. The lowest BCUT2D eigenvalue weighted by Crippen LogP contribution is -1.94. The Balaban J connectivity index is 4.17. The number of hydrogen-bond acceptors (Lipinski definition) is 2. The van der Waals surface area contributed by atoms with Crippen molar-refractivity contribution < 1.29 is 4.79 Å². The summed E-state index contributed by atoms with van der Waals surface area (Å²) < 4.78 is 0. The molecule has 0 aromatic heterocycles. The highest BCUT2D eigenvalue weighted by atomic mass is 16.1. The Hall–Kier alpha value is -1.10. The summed E-state index contributed by atoms with van der Waals surface area (Å²) >= 11 is 0. The van der Waals surface area contributed by atoms with Crippen LogP contribution in [0.25, 0.3) is 0 Å². The largest absolute Gasteiger partial charge is 0.294 e. The van der Waals surface area contributed by atoms with Gasteiger partial charge in [-0.25, -0.2) is 0 Å². The first-order chi connectivity index (χ1) is 5.07. The van der Waals surface area contributed by atoms with Crippen molar-refractivity contribution in [3.05, 3.63) is 11.6 Å². The van der Waals surface area contributed by atoms with Crippen molar-refractivity contribution in [3.8, 4) is 6.07 Å². The average Bonchev–Trinajstić information content (AvgIpc) is 1.87. The number of nitriles is 1. The topological polar surface area (TPSA) is 40.9 Å². The maximum Gasteiger partial charge on any atom is 0.169 e. The van der Waals surface area contributed by atoms with E-state index in [1.807, 2.05) is 19.9 Å². The van der Waals surface area contributed by atoms with E-state index in [1.165, 1.54) is 6.92 Å². The van der Waals surface area contributed by atoms with Crippen molar-refractivity contribution in [3.63, 3.8) is 0 Å². The van der Waals surface area contributed by atoms with Gasteiger partial charge in [-0.05, 0) is 19.3 Å². The van der Waals surface area contributed by atoms with Crippen LogP contribution in [-0.2, 0) is 4.79 Å². The molecule has 0 amide bonds. The lowest BCUT2D eigenvalue weighted by Gasteiger charge is -1.97. The third-order valence-electron chi connectivity index (χ3n) is 1.29. The summed E-state index contributed by atoms with van der Waals surface area (Å²) in [7, 11) is 0. The van der Waals surface area contributed by atoms with E-state index >= 15 is 0 Å². The maximum atomic E-state index is 10.7. The Morgan fingerprint density at radius 2 is 2.18 bits per heavy atom. The molecule has 0 bridgehead atoms. The summed E-state index contributed by atoms with van der Waals surface area (Å²) in [6.07, 6.45) is 2.50. The first-order valence-electron chi connectivity index (χ1n) is 3.69. The number of Topliss-reactive ketones (excluding diaryl/α,β-unsaturated/α-hetero) is 1. The number of nitrogens with zero attached hydrogens (tertiary/aromatic N) is 1. The Morgan fingerprint density at radius 1 is 1.64 bits per heavy atom. The zero-order chi connectivity index (χ0) is 8.85. The molecule has 60 valence electrons. The zero-order valence-electron chi connectivity index (χ0n) is 7.22. The van der Waals surface area contributed by atoms with Gasteiger partial charge in [-0.15, -0.1) is 0 Å². The lowest BCUT2D eigenvalue weighted by molar-refractivity contribution is -0.113. The molecule has 0 saturated heterocycles. The first-order valence-corrected chi connectivity index (χ1v) is 3.69. The molecule has 0 fully saturated rings. The van der Waals surface area contributed by atoms with E-state index in [9.17, 15) is 4.79 Å². The van der Waals surface area contributed by atoms with E-state index in [0.29, 0.717) is 5.92 Å². The monoisotopic (exact) mass is 151 g/mol. The van der Waals surface area contributed by atoms with Gasteiger partial charge in [0.2, 0.25) is 0 Å². The number of carbonyl (C=O) groups excluding carboxylic acids is 1. The summed E-state index contributed by atoms with van der Waals surface area (Å²) in [5.74, 6) is 0.353. The van der Waals surface area contributed by atoms with Crippen LogP contribution in [-0.4, -0.2) is 5.78 Å². The van der Waals surface area contributed by atoms with Crippen LogP contribution < -0.4 is 0 Å². The maximum absolute atomic E-state index is 10.7. The third kappa shape index (κ3) is 4.32. The van der Waals surface area contributed by atoms with E-state index in [1.54, 1.807) is 6.08 Å². The molecule has 11 heavy (non-hydrogen) atoms. The van der Waals surface area contributed by atoms with Gasteiger partial charge in [0.25, 0.3) is 0 Å². The van der Waals surface area contributed by atoms with Gasteiger partial charge in [0.1, 0.15) is 6.07 Å². The van der Waals surface area contributed by atoms with E-state index in [0.717, 1.165) is 6.42 Å². The molecule has 0 radical (unpaired) electrons. The number of allylic oxidation sites excluding steroid dienone is 2. The van der Waals surface area contributed by atoms with E-state index < -0.39 is 0 Å². The van der Waals surface area contributed by atoms with Crippen molar-refractivity contribution in [1.29, 1.82) is 5.26 Å². The van der Waals surface area contributed by atoms with Gasteiger partial charge in [-0.2, -0.15) is 5.26 Å². The highest BCUT2D eigenvalue weighted by Crippen LogP contribution is 2.04. The molecule has 2 heteroatoms. The quantitative estimate of drug-likeness (QED) is 0.457. The minimum atomic E-state index is -0.145. The van der Waals surface area contributed by atoms with Crippen LogP contribution in [0.15, 0.2) is 11.6 Å². The molecule has 0 aromatic carbocycles. The fourth-order valence-corrected chi connectivity index (χ4v) is 0.622. The second-order valence-electron chi connectivity index (χ2n) is 2.92. The molecule has 0 aliphatic heterocycles. The molecule has 0 aliphatic rings. The van der Waals surface area contributed by atoms with E-state index in [-0.39, 0.29) is 11.4 Å². The third-order valence-corrected chi connectivity index (χ3v) is 1.29. The van der Waals surface area contributed by atoms with Crippen LogP contribution in [0.4, 0.5) is 0 Å². The second-order valence-corrected chi connectivity index (χ2v) is 2.92. The van der Waals surface area contributed by atoms with Gasteiger partial charge >= 0.3 is 0 Å². The summed E-state index contributed by atoms with van der Waals surface area (Å²) in [6, 6.07) is 1.87. The summed E-state index contributed by atoms with van der Waals surface area (Å²) in [5.41, 5.74) is 0.277. The molecule has 0 spiro atoms. The van der Waals surface area contributed by atoms with Crippen LogP contribution in [0.3, 0.4) is 0 Å². The van der Waals surface area contributed by atoms with Crippen LogP contribution >= 0.6 is 0 Å². The first kappa shape index (κ1) is 9.90. The minimum Gasteiger partial charge on any atom is -0.294 e. The van der Waals surface area contributed by atoms with Gasteiger partial charge in [-0.1, -0.05) is 19.9 Å². The fourth-order valence-electron chi connectivity index (χ4n) is 0.622. The minimum absolute atomic E-state index is 0.145. The van der Waals surface area contributed by atoms with Crippen LogP contribution in [0, 0.1) is 17.2 Å². The molecule has 0 saturated carbocycles. The summed E-state index contributed by atoms with van der Waals surface area (Å²) in [4.78, 5) is 10.7. The Bertz CT molecular complexity index is 208. The van der Waals surface area contributed by atoms with Gasteiger partial charge < -0.3 is 0 Å². The van der Waals surface area contributed by atoms with Crippen LogP contribution in [0.5, 0.6) is 0 Å². The molecule has 0 rings (SSSR count). The number of carbonyl (C=O) groups is 1. The van der Waals surface area contributed by atoms with E-state index in [2.05, 4.69) is 0 Å². The molecular formula is C9H13NO. The van der Waals surface area contributed by atoms with Crippen molar-refractivity contribution in [2.24, 2.45) is 5.92 Å². The van der Waals surface area contributed by atoms with Crippen LogP contribution in [0.2, 0.25) is 0 Å². The Kier molecular flexibility index (Phi) is 4.21. The van der Waals surface area contributed by atoms with Gasteiger partial charge in [0, 0.05) is 0 Å². The van der Waals surface area contributed by atoms with Crippen molar-refractivity contribution >= 4 is 5.78 Å². The lowest BCUT2D eigenvalue weighted by atomic mass is 10.1. The SMILES string of the molecule is CC(=O)/C(C#N)=C/CC(C)C. The highest BCUT2D eigenvalue weighted by molar-refractivity contribution is 5.96. The molecule has 0 N–H and O–H groups in total.